The molecule has 1 unspecified atom stereocenters. The maximum Gasteiger partial charge on any atom is 0.109 e. The second kappa shape index (κ2) is 7.59. The smallest absolute Gasteiger partial charge is 0.109 e. The molecule has 0 saturated heterocycles. The van der Waals surface area contributed by atoms with Crippen molar-refractivity contribution in [1.29, 1.82) is 0 Å². The van der Waals surface area contributed by atoms with Crippen molar-refractivity contribution in [3.05, 3.63) is 114 Å². The van der Waals surface area contributed by atoms with Crippen LogP contribution in [0.3, 0.4) is 0 Å². The summed E-state index contributed by atoms with van der Waals surface area (Å²) in [6, 6.07) is 21.6. The highest BCUT2D eigenvalue weighted by Crippen LogP contribution is 2.39. The maximum atomic E-state index is 5.53. The lowest BCUT2D eigenvalue weighted by molar-refractivity contribution is 0.586. The number of benzene rings is 2. The summed E-state index contributed by atoms with van der Waals surface area (Å²) in [6.45, 7) is 2.42. The van der Waals surface area contributed by atoms with Gasteiger partial charge in [-0.15, -0.1) is 0 Å². The first-order valence-corrected chi connectivity index (χ1v) is 11.9. The summed E-state index contributed by atoms with van der Waals surface area (Å²) in [5.41, 5.74) is 2.58. The third-order valence-electron chi connectivity index (χ3n) is 5.42. The predicted molar refractivity (Wildman–Crippen MR) is 119 cm³/mol. The monoisotopic (exact) mass is 386 g/mol. The molecule has 2 nitrogen and oxygen atoms in total. The number of allylic oxidation sites excluding steroid dienone is 4. The van der Waals surface area contributed by atoms with Crippen LogP contribution in [0.25, 0.3) is 0 Å². The molecule has 3 aromatic rings. The quantitative estimate of drug-likeness (QED) is 0.460. The second-order valence-corrected chi connectivity index (χ2v) is 10.4. The Hall–Kier alpha value is -2.56. The largest absolute Gasteiger partial charge is 0.326 e. The van der Waals surface area contributed by atoms with Crippen molar-refractivity contribution < 1.29 is 0 Å². The highest BCUT2D eigenvalue weighted by molar-refractivity contribution is 7.80. The predicted octanol–water partition coefficient (Wildman–Crippen LogP) is 4.87. The molecule has 2 aromatic carbocycles. The summed E-state index contributed by atoms with van der Waals surface area (Å²) in [4.78, 5) is 5.42. The molecule has 4 heteroatoms. The fraction of sp³-hybridized carbons (Fsp3) is 0.130. The molecular weight excluding hydrogens is 364 g/mol. The summed E-state index contributed by atoms with van der Waals surface area (Å²) in [5, 5.41) is 1.11. The standard InChI is InChI=1S/C23H22N2SSi/c1-27(22-14-8-13-21(26)17-22)23(25-16-15-24-18-25,19-9-4-2-5-10-19)20-11-6-3-7-12-20/h2-12,14-18,27H,13H2,1H3. The van der Waals surface area contributed by atoms with E-state index in [0.29, 0.717) is 0 Å². The first-order valence-electron chi connectivity index (χ1n) is 9.23. The van der Waals surface area contributed by atoms with E-state index in [1.54, 1.807) is 0 Å². The van der Waals surface area contributed by atoms with Crippen LogP contribution < -0.4 is 0 Å². The number of thiocarbonyl (C=S) groups is 1. The highest BCUT2D eigenvalue weighted by atomic mass is 32.1. The third kappa shape index (κ3) is 3.15. The molecule has 0 aliphatic heterocycles. The first-order chi connectivity index (χ1) is 13.2. The highest BCUT2D eigenvalue weighted by Gasteiger charge is 2.43. The Morgan fingerprint density at radius 3 is 2.15 bits per heavy atom. The van der Waals surface area contributed by atoms with Crippen molar-refractivity contribution in [3.8, 4) is 0 Å². The number of hydrogen-bond donors (Lipinski definition) is 0. The van der Waals surface area contributed by atoms with Crippen LogP contribution in [0.4, 0.5) is 0 Å². The van der Waals surface area contributed by atoms with Crippen LogP contribution in [-0.2, 0) is 5.16 Å². The summed E-state index contributed by atoms with van der Waals surface area (Å²) in [5.74, 6) is 0. The molecule has 0 spiro atoms. The van der Waals surface area contributed by atoms with Gasteiger partial charge in [-0.1, -0.05) is 96.8 Å². The molecule has 1 aliphatic carbocycles. The molecule has 0 N–H and O–H groups in total. The van der Waals surface area contributed by atoms with Gasteiger partial charge < -0.3 is 4.57 Å². The van der Waals surface area contributed by atoms with E-state index >= 15 is 0 Å². The lowest BCUT2D eigenvalue weighted by Crippen LogP contribution is -2.49. The number of nitrogens with zero attached hydrogens (tertiary/aromatic N) is 2. The lowest BCUT2D eigenvalue weighted by atomic mass is 9.97. The van der Waals surface area contributed by atoms with E-state index in [1.807, 2.05) is 12.5 Å². The van der Waals surface area contributed by atoms with Gasteiger partial charge in [-0.2, -0.15) is 0 Å². The van der Waals surface area contributed by atoms with Crippen LogP contribution >= 0.6 is 12.2 Å². The molecule has 1 heterocycles. The van der Waals surface area contributed by atoms with E-state index in [-0.39, 0.29) is 5.16 Å². The van der Waals surface area contributed by atoms with Gasteiger partial charge in [0.1, 0.15) is 8.80 Å². The number of hydrogen-bond acceptors (Lipinski definition) is 2. The van der Waals surface area contributed by atoms with Crippen molar-refractivity contribution in [2.75, 3.05) is 0 Å². The Bertz CT molecular complexity index is 936. The third-order valence-corrected chi connectivity index (χ3v) is 9.28. The molecule has 1 aromatic heterocycles. The van der Waals surface area contributed by atoms with Gasteiger partial charge in [-0.3, -0.25) is 0 Å². The van der Waals surface area contributed by atoms with Gasteiger partial charge in [0.25, 0.3) is 0 Å². The Labute approximate surface area is 167 Å². The molecule has 0 bridgehead atoms. The maximum absolute atomic E-state index is 5.53. The fourth-order valence-electron chi connectivity index (χ4n) is 4.16. The van der Waals surface area contributed by atoms with Gasteiger partial charge in [-0.25, -0.2) is 4.98 Å². The Morgan fingerprint density at radius 1 is 1.00 bits per heavy atom. The summed E-state index contributed by atoms with van der Waals surface area (Å²) in [6.07, 6.45) is 13.5. The second-order valence-electron chi connectivity index (χ2n) is 6.91. The lowest BCUT2D eigenvalue weighted by Gasteiger charge is -2.42. The minimum atomic E-state index is -1.61. The fourth-order valence-corrected chi connectivity index (χ4v) is 7.85. The molecule has 1 atom stereocenters. The van der Waals surface area contributed by atoms with Gasteiger partial charge in [-0.05, 0) is 17.2 Å². The SMILES string of the molecule is C[SiH](C1=CC(=S)CC=C1)C(c1ccccc1)(c1ccccc1)n1ccnc1. The van der Waals surface area contributed by atoms with Gasteiger partial charge in [0.15, 0.2) is 0 Å². The van der Waals surface area contributed by atoms with Crippen molar-refractivity contribution in [1.82, 2.24) is 9.55 Å². The average Bonchev–Trinajstić information content (AvgIpc) is 3.25. The van der Waals surface area contributed by atoms with Crippen LogP contribution in [0.2, 0.25) is 6.55 Å². The zero-order valence-electron chi connectivity index (χ0n) is 15.3. The van der Waals surface area contributed by atoms with E-state index in [2.05, 4.69) is 101 Å². The van der Waals surface area contributed by atoms with Crippen LogP contribution in [-0.4, -0.2) is 23.2 Å². The van der Waals surface area contributed by atoms with Crippen molar-refractivity contribution in [2.45, 2.75) is 18.1 Å². The molecule has 0 fully saturated rings. The zero-order chi connectivity index (χ0) is 18.7. The Balaban J connectivity index is 2.02. The molecule has 0 radical (unpaired) electrons. The van der Waals surface area contributed by atoms with Crippen molar-refractivity contribution in [2.24, 2.45) is 0 Å². The van der Waals surface area contributed by atoms with Crippen molar-refractivity contribution in [3.63, 3.8) is 0 Å². The van der Waals surface area contributed by atoms with E-state index < -0.39 is 8.80 Å². The minimum Gasteiger partial charge on any atom is -0.326 e. The van der Waals surface area contributed by atoms with Gasteiger partial charge >= 0.3 is 0 Å². The summed E-state index contributed by atoms with van der Waals surface area (Å²) in [7, 11) is -1.61. The zero-order valence-corrected chi connectivity index (χ0v) is 17.3. The molecule has 0 saturated carbocycles. The first kappa shape index (κ1) is 17.8. The van der Waals surface area contributed by atoms with E-state index in [9.17, 15) is 0 Å². The van der Waals surface area contributed by atoms with Crippen LogP contribution in [0.15, 0.2) is 103 Å². The number of aromatic nitrogens is 2. The number of rotatable bonds is 5. The van der Waals surface area contributed by atoms with E-state index in [0.717, 1.165) is 11.3 Å². The van der Waals surface area contributed by atoms with Crippen molar-refractivity contribution >= 4 is 25.9 Å². The van der Waals surface area contributed by atoms with Crippen LogP contribution in [0.1, 0.15) is 17.5 Å². The summed E-state index contributed by atoms with van der Waals surface area (Å²) < 4.78 is 2.29. The van der Waals surface area contributed by atoms with Gasteiger partial charge in [0, 0.05) is 23.7 Å². The van der Waals surface area contributed by atoms with Gasteiger partial charge in [0.05, 0.1) is 11.5 Å². The van der Waals surface area contributed by atoms with E-state index in [1.165, 1.54) is 16.3 Å². The molecule has 27 heavy (non-hydrogen) atoms. The minimum absolute atomic E-state index is 0.276. The van der Waals surface area contributed by atoms with Crippen LogP contribution in [0, 0.1) is 0 Å². The average molecular weight is 387 g/mol. The molecule has 4 rings (SSSR count). The number of imidazole rings is 1. The Kier molecular flexibility index (Phi) is 5.01. The molecular formula is C23H22N2SSi. The molecule has 1 aliphatic rings. The molecule has 0 amide bonds. The van der Waals surface area contributed by atoms with E-state index in [4.69, 9.17) is 12.2 Å². The summed E-state index contributed by atoms with van der Waals surface area (Å²) >= 11 is 5.53. The van der Waals surface area contributed by atoms with Crippen LogP contribution in [0.5, 0.6) is 0 Å². The Morgan fingerprint density at radius 2 is 1.63 bits per heavy atom. The normalized spacial score (nSPS) is 15.4. The molecule has 134 valence electrons. The topological polar surface area (TPSA) is 17.8 Å². The van der Waals surface area contributed by atoms with Gasteiger partial charge in [0.2, 0.25) is 0 Å².